The minimum Gasteiger partial charge on any atom is -1.00 e. The first-order valence-corrected chi connectivity index (χ1v) is 12.4. The molecule has 145 valence electrons. The molecule has 3 radical (unpaired) electrons. The second kappa shape index (κ2) is 14.1. The molecule has 27 heavy (non-hydrogen) atoms. The van der Waals surface area contributed by atoms with Crippen LogP contribution in [0.15, 0.2) is 54.6 Å². The Hall–Kier alpha value is 0.0160. The molecule has 5 heteroatoms. The van der Waals surface area contributed by atoms with Gasteiger partial charge in [-0.25, -0.2) is 0 Å². The Morgan fingerprint density at radius 1 is 0.889 bits per heavy atom. The SMILES string of the molecule is Cc1cc2c(-c3ccc(C(C)(C)C)cc3)cccc2[cH-]1.O.[CH3][Ge][CH3].[Cl-].[Cl-].[Zr+3]. The largest absolute Gasteiger partial charge is 3.00 e. The van der Waals surface area contributed by atoms with Crippen LogP contribution in [0.4, 0.5) is 0 Å². The minimum atomic E-state index is 0. The Morgan fingerprint density at radius 2 is 1.41 bits per heavy atom. The van der Waals surface area contributed by atoms with Crippen molar-refractivity contribution < 1.29 is 56.5 Å². The van der Waals surface area contributed by atoms with E-state index in [4.69, 9.17) is 0 Å². The summed E-state index contributed by atoms with van der Waals surface area (Å²) in [5, 5.41) is 2.69. The zero-order valence-corrected chi connectivity index (χ0v) is 23.0. The van der Waals surface area contributed by atoms with Gasteiger partial charge in [-0.15, -0.1) is 34.5 Å². The van der Waals surface area contributed by atoms with Gasteiger partial charge >= 0.3 is 53.1 Å². The van der Waals surface area contributed by atoms with E-state index in [1.807, 2.05) is 0 Å². The summed E-state index contributed by atoms with van der Waals surface area (Å²) in [4.78, 5) is 0. The van der Waals surface area contributed by atoms with Gasteiger partial charge in [0.1, 0.15) is 0 Å². The molecule has 0 aliphatic rings. The van der Waals surface area contributed by atoms with Crippen LogP contribution in [0, 0.1) is 6.92 Å². The predicted molar refractivity (Wildman–Crippen MR) is 110 cm³/mol. The quantitative estimate of drug-likeness (QED) is 0.301. The summed E-state index contributed by atoms with van der Waals surface area (Å²) < 4.78 is 0. The zero-order chi connectivity index (χ0) is 17.0. The molecular weight excluding hydrogens is 515 g/mol. The van der Waals surface area contributed by atoms with Crippen LogP contribution < -0.4 is 24.8 Å². The molecule has 2 N–H and O–H groups in total. The number of hydrogen-bond donors (Lipinski definition) is 0. The average molecular weight is 544 g/mol. The standard InChI is InChI=1S/C20H21.C2H6Ge.2ClH.H2O.Zr/c1-14-12-16-6-5-7-18(19(16)13-14)15-8-10-17(11-9-15)20(2,3)4;1-3-2;;;;/h5-13H,1-4H3;1-2H3;2*1H;1H2;/q-1;;;;;+3/p-2. The van der Waals surface area contributed by atoms with Crippen molar-refractivity contribution in [3.05, 3.63) is 65.7 Å². The van der Waals surface area contributed by atoms with E-state index in [0.29, 0.717) is 15.4 Å². The monoisotopic (exact) mass is 543 g/mol. The average Bonchev–Trinajstić information content (AvgIpc) is 2.87. The number of benzene rings is 2. The maximum absolute atomic E-state index is 2.28. The first kappa shape index (κ1) is 31.7. The molecule has 0 aliphatic carbocycles. The maximum atomic E-state index is 2.28. The summed E-state index contributed by atoms with van der Waals surface area (Å²) in [6.45, 7) is 8.92. The normalized spacial score (nSPS) is 9.56. The molecule has 0 bridgehead atoms. The second-order valence-electron chi connectivity index (χ2n) is 7.17. The minimum absolute atomic E-state index is 0. The van der Waals surface area contributed by atoms with Gasteiger partial charge in [0.15, 0.2) is 0 Å². The van der Waals surface area contributed by atoms with E-state index in [1.54, 1.807) is 0 Å². The van der Waals surface area contributed by atoms with Gasteiger partial charge in [0.05, 0.1) is 0 Å². The van der Waals surface area contributed by atoms with Crippen molar-refractivity contribution in [1.82, 2.24) is 0 Å². The Morgan fingerprint density at radius 3 is 1.89 bits per heavy atom. The summed E-state index contributed by atoms with van der Waals surface area (Å²) >= 11 is 0.500. The van der Waals surface area contributed by atoms with Gasteiger partial charge in [0, 0.05) is 0 Å². The molecule has 0 spiro atoms. The molecule has 0 aromatic heterocycles. The predicted octanol–water partition coefficient (Wildman–Crippen LogP) is -0.201. The molecule has 0 heterocycles. The fraction of sp³-hybridized carbons (Fsp3) is 0.318. The van der Waals surface area contributed by atoms with Gasteiger partial charge < -0.3 is 30.3 Å². The van der Waals surface area contributed by atoms with Gasteiger partial charge in [0.25, 0.3) is 0 Å². The number of rotatable bonds is 1. The Balaban J connectivity index is -0.000000774. The number of hydrogen-bond acceptors (Lipinski definition) is 0. The third kappa shape index (κ3) is 8.50. The van der Waals surface area contributed by atoms with Gasteiger partial charge in [-0.1, -0.05) is 63.6 Å². The zero-order valence-electron chi connectivity index (χ0n) is 17.0. The first-order chi connectivity index (χ1) is 10.9. The van der Waals surface area contributed by atoms with Crippen LogP contribution in [0.5, 0.6) is 0 Å². The second-order valence-corrected chi connectivity index (χ2v) is 9.27. The third-order valence-electron chi connectivity index (χ3n) is 3.96. The van der Waals surface area contributed by atoms with Crippen LogP contribution in [0.1, 0.15) is 31.9 Å². The number of fused-ring (bicyclic) bond motifs is 1. The number of halogens is 2. The van der Waals surface area contributed by atoms with Gasteiger partial charge in [-0.05, 0) is 16.5 Å². The molecule has 3 rings (SSSR count). The molecule has 3 aromatic carbocycles. The first-order valence-electron chi connectivity index (χ1n) is 8.22. The molecular formula is C22H29Cl2GeOZr. The van der Waals surface area contributed by atoms with Crippen molar-refractivity contribution in [2.45, 2.75) is 44.6 Å². The fourth-order valence-corrected chi connectivity index (χ4v) is 2.79. The smallest absolute Gasteiger partial charge is 1.00 e. The Bertz CT molecular complexity index is 777. The van der Waals surface area contributed by atoms with E-state index in [0.717, 1.165) is 0 Å². The van der Waals surface area contributed by atoms with Crippen molar-refractivity contribution >= 4 is 26.2 Å². The van der Waals surface area contributed by atoms with Crippen molar-refractivity contribution in [1.29, 1.82) is 0 Å². The summed E-state index contributed by atoms with van der Waals surface area (Å²) in [5.41, 5.74) is 5.55. The van der Waals surface area contributed by atoms with Crippen LogP contribution in [-0.4, -0.2) is 20.9 Å². The molecule has 0 amide bonds. The summed E-state index contributed by atoms with van der Waals surface area (Å²) in [5.74, 6) is 4.50. The van der Waals surface area contributed by atoms with Gasteiger partial charge in [-0.3, -0.25) is 0 Å². The molecule has 0 unspecified atom stereocenters. The van der Waals surface area contributed by atoms with Gasteiger partial charge in [0.2, 0.25) is 0 Å². The number of aryl methyl sites for hydroxylation is 1. The summed E-state index contributed by atoms with van der Waals surface area (Å²) in [6, 6.07) is 20.1. The Labute approximate surface area is 202 Å². The van der Waals surface area contributed by atoms with Crippen LogP contribution >= 0.6 is 0 Å². The van der Waals surface area contributed by atoms with E-state index < -0.39 is 0 Å². The van der Waals surface area contributed by atoms with Gasteiger partial charge in [-0.2, -0.15) is 6.07 Å². The van der Waals surface area contributed by atoms with E-state index in [9.17, 15) is 0 Å². The molecule has 0 aliphatic heterocycles. The molecule has 0 atom stereocenters. The summed E-state index contributed by atoms with van der Waals surface area (Å²) in [6.07, 6.45) is 0. The van der Waals surface area contributed by atoms with E-state index in [-0.39, 0.29) is 61.9 Å². The van der Waals surface area contributed by atoms with E-state index in [2.05, 4.69) is 93.8 Å². The molecule has 1 nitrogen and oxygen atoms in total. The van der Waals surface area contributed by atoms with Crippen molar-refractivity contribution in [3.8, 4) is 11.1 Å². The van der Waals surface area contributed by atoms with Crippen LogP contribution in [0.25, 0.3) is 21.9 Å². The van der Waals surface area contributed by atoms with Crippen LogP contribution in [-0.2, 0) is 31.6 Å². The van der Waals surface area contributed by atoms with E-state index in [1.165, 1.54) is 33.0 Å². The molecule has 3 aromatic rings. The maximum Gasteiger partial charge on any atom is 3.00 e. The van der Waals surface area contributed by atoms with E-state index >= 15 is 0 Å². The van der Waals surface area contributed by atoms with Crippen molar-refractivity contribution in [3.63, 3.8) is 0 Å². The van der Waals surface area contributed by atoms with Crippen molar-refractivity contribution in [2.75, 3.05) is 0 Å². The molecule has 0 saturated heterocycles. The third-order valence-corrected chi connectivity index (χ3v) is 3.96. The molecule has 0 saturated carbocycles. The van der Waals surface area contributed by atoms with Crippen LogP contribution in [0.2, 0.25) is 11.5 Å². The van der Waals surface area contributed by atoms with Crippen molar-refractivity contribution in [2.24, 2.45) is 0 Å². The molecule has 0 fully saturated rings. The summed E-state index contributed by atoms with van der Waals surface area (Å²) in [7, 11) is 0. The van der Waals surface area contributed by atoms with Crippen LogP contribution in [0.3, 0.4) is 0 Å². The topological polar surface area (TPSA) is 31.5 Å². The Kier molecular flexibility index (Phi) is 16.5. The fourth-order valence-electron chi connectivity index (χ4n) is 2.79.